The minimum absolute atomic E-state index is 0.372. The van der Waals surface area contributed by atoms with Crippen molar-refractivity contribution in [2.45, 2.75) is 13.5 Å². The number of aromatic nitrogens is 3. The summed E-state index contributed by atoms with van der Waals surface area (Å²) in [5.41, 5.74) is 2.17. The van der Waals surface area contributed by atoms with Crippen LogP contribution in [0.25, 0.3) is 0 Å². The number of carbonyl (C=O) groups excluding carboxylic acids is 1. The lowest BCUT2D eigenvalue weighted by atomic mass is 10.2. The SMILES string of the molecule is COC(=O)c1ccc(NCc2ccnn2C)nc1C. The molecule has 0 amide bonds. The summed E-state index contributed by atoms with van der Waals surface area (Å²) in [6.45, 7) is 2.40. The highest BCUT2D eigenvalue weighted by Gasteiger charge is 2.10. The molecule has 1 N–H and O–H groups in total. The Hall–Kier alpha value is -2.37. The maximum atomic E-state index is 11.4. The van der Waals surface area contributed by atoms with E-state index in [1.807, 2.05) is 13.1 Å². The third kappa shape index (κ3) is 2.90. The summed E-state index contributed by atoms with van der Waals surface area (Å²) < 4.78 is 6.47. The fraction of sp³-hybridized carbons (Fsp3) is 0.308. The van der Waals surface area contributed by atoms with Crippen LogP contribution in [-0.2, 0) is 18.3 Å². The number of methoxy groups -OCH3 is 1. The number of aryl methyl sites for hydroxylation is 2. The molecule has 0 aliphatic rings. The molecule has 0 atom stereocenters. The molecular weight excluding hydrogens is 244 g/mol. The molecular formula is C13H16N4O2. The summed E-state index contributed by atoms with van der Waals surface area (Å²) in [4.78, 5) is 15.8. The Balaban J connectivity index is 2.08. The fourth-order valence-electron chi connectivity index (χ4n) is 1.74. The Bertz CT molecular complexity index is 592. The van der Waals surface area contributed by atoms with Crippen LogP contribution in [-0.4, -0.2) is 27.8 Å². The van der Waals surface area contributed by atoms with Gasteiger partial charge in [-0.25, -0.2) is 9.78 Å². The zero-order valence-corrected chi connectivity index (χ0v) is 11.2. The fourth-order valence-corrected chi connectivity index (χ4v) is 1.74. The standard InChI is InChI=1S/C13H16N4O2/c1-9-11(13(18)19-3)4-5-12(16-9)14-8-10-6-7-15-17(10)2/h4-7H,8H2,1-3H3,(H,14,16). The Morgan fingerprint density at radius 1 is 1.42 bits per heavy atom. The van der Waals surface area contributed by atoms with Gasteiger partial charge in [0.2, 0.25) is 0 Å². The molecule has 0 saturated heterocycles. The predicted molar refractivity (Wildman–Crippen MR) is 70.8 cm³/mol. The van der Waals surface area contributed by atoms with E-state index in [-0.39, 0.29) is 5.97 Å². The first-order chi connectivity index (χ1) is 9.11. The van der Waals surface area contributed by atoms with E-state index in [1.165, 1.54) is 7.11 Å². The van der Waals surface area contributed by atoms with Crippen LogP contribution in [0.4, 0.5) is 5.82 Å². The van der Waals surface area contributed by atoms with Crippen molar-refractivity contribution < 1.29 is 9.53 Å². The van der Waals surface area contributed by atoms with Crippen molar-refractivity contribution in [3.8, 4) is 0 Å². The lowest BCUT2D eigenvalue weighted by molar-refractivity contribution is 0.0599. The van der Waals surface area contributed by atoms with Gasteiger partial charge in [0.25, 0.3) is 0 Å². The third-order valence-corrected chi connectivity index (χ3v) is 2.86. The van der Waals surface area contributed by atoms with Gasteiger partial charge in [-0.05, 0) is 25.1 Å². The lowest BCUT2D eigenvalue weighted by Gasteiger charge is -2.08. The first kappa shape index (κ1) is 13.1. The van der Waals surface area contributed by atoms with Crippen molar-refractivity contribution in [1.82, 2.24) is 14.8 Å². The highest BCUT2D eigenvalue weighted by Crippen LogP contribution is 2.12. The van der Waals surface area contributed by atoms with Crippen molar-refractivity contribution >= 4 is 11.8 Å². The molecule has 2 aromatic rings. The summed E-state index contributed by atoms with van der Waals surface area (Å²) >= 11 is 0. The van der Waals surface area contributed by atoms with Gasteiger partial charge in [0.1, 0.15) is 5.82 Å². The molecule has 2 rings (SSSR count). The number of pyridine rings is 1. The highest BCUT2D eigenvalue weighted by molar-refractivity contribution is 5.90. The number of ether oxygens (including phenoxy) is 1. The molecule has 0 unspecified atom stereocenters. The van der Waals surface area contributed by atoms with E-state index in [9.17, 15) is 4.79 Å². The average molecular weight is 260 g/mol. The van der Waals surface area contributed by atoms with Crippen molar-refractivity contribution in [2.75, 3.05) is 12.4 Å². The van der Waals surface area contributed by atoms with Gasteiger partial charge in [-0.15, -0.1) is 0 Å². The molecule has 2 heterocycles. The molecule has 0 aliphatic heterocycles. The molecule has 0 bridgehead atoms. The molecule has 0 radical (unpaired) electrons. The van der Waals surface area contributed by atoms with Gasteiger partial charge in [0, 0.05) is 13.2 Å². The van der Waals surface area contributed by atoms with Crippen LogP contribution < -0.4 is 5.32 Å². The van der Waals surface area contributed by atoms with E-state index in [0.717, 1.165) is 5.69 Å². The molecule has 2 aromatic heterocycles. The molecule has 0 saturated carbocycles. The predicted octanol–water partition coefficient (Wildman–Crippen LogP) is 1.52. The van der Waals surface area contributed by atoms with E-state index in [2.05, 4.69) is 20.1 Å². The van der Waals surface area contributed by atoms with E-state index < -0.39 is 0 Å². The maximum Gasteiger partial charge on any atom is 0.339 e. The van der Waals surface area contributed by atoms with Crippen LogP contribution in [0.5, 0.6) is 0 Å². The third-order valence-electron chi connectivity index (χ3n) is 2.86. The van der Waals surface area contributed by atoms with E-state index in [1.54, 1.807) is 29.9 Å². The quantitative estimate of drug-likeness (QED) is 0.844. The second-order valence-corrected chi connectivity index (χ2v) is 4.12. The van der Waals surface area contributed by atoms with Crippen LogP contribution in [0, 0.1) is 6.92 Å². The van der Waals surface area contributed by atoms with Crippen LogP contribution >= 0.6 is 0 Å². The number of nitrogens with one attached hydrogen (secondary N) is 1. The molecule has 0 aromatic carbocycles. The minimum Gasteiger partial charge on any atom is -0.465 e. The number of anilines is 1. The first-order valence-electron chi connectivity index (χ1n) is 5.88. The maximum absolute atomic E-state index is 11.4. The topological polar surface area (TPSA) is 69.0 Å². The smallest absolute Gasteiger partial charge is 0.339 e. The van der Waals surface area contributed by atoms with Gasteiger partial charge >= 0.3 is 5.97 Å². The molecule has 0 aliphatic carbocycles. The second-order valence-electron chi connectivity index (χ2n) is 4.12. The van der Waals surface area contributed by atoms with Crippen LogP contribution in [0.3, 0.4) is 0 Å². The molecule has 6 nitrogen and oxygen atoms in total. The Labute approximate surface area is 111 Å². The van der Waals surface area contributed by atoms with Crippen LogP contribution in [0.1, 0.15) is 21.7 Å². The second kappa shape index (κ2) is 5.51. The Morgan fingerprint density at radius 2 is 2.21 bits per heavy atom. The Kier molecular flexibility index (Phi) is 3.79. The number of rotatable bonds is 4. The highest BCUT2D eigenvalue weighted by atomic mass is 16.5. The Morgan fingerprint density at radius 3 is 2.79 bits per heavy atom. The van der Waals surface area contributed by atoms with Crippen molar-refractivity contribution in [2.24, 2.45) is 7.05 Å². The molecule has 0 spiro atoms. The first-order valence-corrected chi connectivity index (χ1v) is 5.88. The summed E-state index contributed by atoms with van der Waals surface area (Å²) in [7, 11) is 3.24. The number of nitrogens with zero attached hydrogens (tertiary/aromatic N) is 3. The summed E-state index contributed by atoms with van der Waals surface area (Å²) in [5.74, 6) is 0.342. The van der Waals surface area contributed by atoms with Gasteiger partial charge in [0.05, 0.1) is 30.6 Å². The zero-order valence-electron chi connectivity index (χ0n) is 11.2. The van der Waals surface area contributed by atoms with Gasteiger partial charge in [0.15, 0.2) is 0 Å². The summed E-state index contributed by atoms with van der Waals surface area (Å²) in [5, 5.41) is 7.28. The van der Waals surface area contributed by atoms with Crippen molar-refractivity contribution in [3.63, 3.8) is 0 Å². The van der Waals surface area contributed by atoms with Crippen molar-refractivity contribution in [1.29, 1.82) is 0 Å². The summed E-state index contributed by atoms with van der Waals surface area (Å²) in [6.07, 6.45) is 1.75. The van der Waals surface area contributed by atoms with E-state index in [4.69, 9.17) is 0 Å². The van der Waals surface area contributed by atoms with Gasteiger partial charge in [-0.3, -0.25) is 4.68 Å². The normalized spacial score (nSPS) is 10.3. The number of esters is 1. The lowest BCUT2D eigenvalue weighted by Crippen LogP contribution is -2.09. The van der Waals surface area contributed by atoms with Crippen LogP contribution in [0.15, 0.2) is 24.4 Å². The zero-order chi connectivity index (χ0) is 13.8. The largest absolute Gasteiger partial charge is 0.465 e. The van der Waals surface area contributed by atoms with E-state index in [0.29, 0.717) is 23.6 Å². The van der Waals surface area contributed by atoms with E-state index >= 15 is 0 Å². The number of hydrogen-bond donors (Lipinski definition) is 1. The van der Waals surface area contributed by atoms with Gasteiger partial charge < -0.3 is 10.1 Å². The van der Waals surface area contributed by atoms with Gasteiger partial charge in [-0.1, -0.05) is 0 Å². The molecule has 19 heavy (non-hydrogen) atoms. The minimum atomic E-state index is -0.372. The van der Waals surface area contributed by atoms with Crippen molar-refractivity contribution in [3.05, 3.63) is 41.3 Å². The molecule has 0 fully saturated rings. The molecule has 100 valence electrons. The average Bonchev–Trinajstić information content (AvgIpc) is 2.81. The monoisotopic (exact) mass is 260 g/mol. The number of carbonyl (C=O) groups is 1. The van der Waals surface area contributed by atoms with Gasteiger partial charge in [-0.2, -0.15) is 5.10 Å². The number of hydrogen-bond acceptors (Lipinski definition) is 5. The van der Waals surface area contributed by atoms with Crippen LogP contribution in [0.2, 0.25) is 0 Å². The summed E-state index contributed by atoms with van der Waals surface area (Å²) in [6, 6.07) is 5.40. The molecule has 6 heteroatoms.